The van der Waals surface area contributed by atoms with Crippen LogP contribution < -0.4 is 5.32 Å². The summed E-state index contributed by atoms with van der Waals surface area (Å²) in [5, 5.41) is 2.94. The fourth-order valence-corrected chi connectivity index (χ4v) is 2.80. The Hall–Kier alpha value is -2.24. The Morgan fingerprint density at radius 1 is 1.29 bits per heavy atom. The highest BCUT2D eigenvalue weighted by atomic mass is 16.5. The molecular formula is C19H23N3O2. The van der Waals surface area contributed by atoms with Gasteiger partial charge in [-0.15, -0.1) is 0 Å². The van der Waals surface area contributed by atoms with E-state index < -0.39 is 0 Å². The third kappa shape index (κ3) is 4.63. The van der Waals surface area contributed by atoms with E-state index in [1.54, 1.807) is 12.3 Å². The number of hydrogen-bond donors (Lipinski definition) is 1. The lowest BCUT2D eigenvalue weighted by Gasteiger charge is -2.33. The summed E-state index contributed by atoms with van der Waals surface area (Å²) in [5.74, 6) is -0.105. The monoisotopic (exact) mass is 325 g/mol. The molecule has 5 heteroatoms. The number of amides is 1. The van der Waals surface area contributed by atoms with Crippen LogP contribution in [0.25, 0.3) is 0 Å². The van der Waals surface area contributed by atoms with Gasteiger partial charge in [-0.25, -0.2) is 0 Å². The Balaban J connectivity index is 1.48. The van der Waals surface area contributed by atoms with Gasteiger partial charge in [-0.2, -0.15) is 0 Å². The molecular weight excluding hydrogens is 302 g/mol. The van der Waals surface area contributed by atoms with Crippen molar-refractivity contribution in [3.05, 3.63) is 65.5 Å². The minimum atomic E-state index is -0.105. The summed E-state index contributed by atoms with van der Waals surface area (Å²) in [6.45, 7) is 5.76. The first kappa shape index (κ1) is 16.6. The van der Waals surface area contributed by atoms with Gasteiger partial charge in [-0.05, 0) is 24.6 Å². The molecule has 1 amide bonds. The van der Waals surface area contributed by atoms with Gasteiger partial charge < -0.3 is 10.1 Å². The summed E-state index contributed by atoms with van der Waals surface area (Å²) in [6, 6.07) is 14.1. The minimum absolute atomic E-state index is 0.0184. The van der Waals surface area contributed by atoms with Gasteiger partial charge in [0.05, 0.1) is 18.3 Å². The molecule has 0 spiro atoms. The standard InChI is InChI=1S/C19H23N3O2/c1-15-7-8-17(11-20-15)19(23)21-12-18-14-22(9-10-24-18)13-16-5-3-2-4-6-16/h2-8,11,18H,9-10,12-14H2,1H3,(H,21,23). The molecule has 3 rings (SSSR count). The highest BCUT2D eigenvalue weighted by Crippen LogP contribution is 2.10. The van der Waals surface area contributed by atoms with Gasteiger partial charge >= 0.3 is 0 Å². The van der Waals surface area contributed by atoms with Crippen LogP contribution in [-0.2, 0) is 11.3 Å². The first-order chi connectivity index (χ1) is 11.7. The summed E-state index contributed by atoms with van der Waals surface area (Å²) >= 11 is 0. The fourth-order valence-electron chi connectivity index (χ4n) is 2.80. The van der Waals surface area contributed by atoms with Crippen LogP contribution in [0.1, 0.15) is 21.6 Å². The molecule has 1 aliphatic rings. The molecule has 2 heterocycles. The molecule has 1 aliphatic heterocycles. The predicted octanol–water partition coefficient (Wildman–Crippen LogP) is 2.02. The van der Waals surface area contributed by atoms with E-state index in [2.05, 4.69) is 39.5 Å². The van der Waals surface area contributed by atoms with Crippen LogP contribution in [0, 0.1) is 6.92 Å². The molecule has 1 aromatic heterocycles. The van der Waals surface area contributed by atoms with Crippen molar-refractivity contribution in [2.24, 2.45) is 0 Å². The number of carbonyl (C=O) groups is 1. The number of carbonyl (C=O) groups excluding carboxylic acids is 1. The van der Waals surface area contributed by atoms with Crippen LogP contribution >= 0.6 is 0 Å². The third-order valence-electron chi connectivity index (χ3n) is 4.14. The number of benzene rings is 1. The van der Waals surface area contributed by atoms with Crippen molar-refractivity contribution < 1.29 is 9.53 Å². The van der Waals surface area contributed by atoms with E-state index >= 15 is 0 Å². The highest BCUT2D eigenvalue weighted by molar-refractivity contribution is 5.93. The number of rotatable bonds is 5. The van der Waals surface area contributed by atoms with Crippen LogP contribution in [0.4, 0.5) is 0 Å². The Bertz CT molecular complexity index is 658. The summed E-state index contributed by atoms with van der Waals surface area (Å²) in [6.07, 6.45) is 1.62. The number of hydrogen-bond acceptors (Lipinski definition) is 4. The highest BCUT2D eigenvalue weighted by Gasteiger charge is 2.21. The molecule has 1 aromatic carbocycles. The van der Waals surface area contributed by atoms with Gasteiger partial charge in [0.1, 0.15) is 0 Å². The van der Waals surface area contributed by atoms with Gasteiger partial charge in [0.15, 0.2) is 0 Å². The number of nitrogens with zero attached hydrogens (tertiary/aromatic N) is 2. The molecule has 126 valence electrons. The zero-order valence-corrected chi connectivity index (χ0v) is 13.9. The lowest BCUT2D eigenvalue weighted by molar-refractivity contribution is -0.0292. The molecule has 0 bridgehead atoms. The number of ether oxygens (including phenoxy) is 1. The average molecular weight is 325 g/mol. The van der Waals surface area contributed by atoms with Crippen LogP contribution in [0.5, 0.6) is 0 Å². The van der Waals surface area contributed by atoms with Crippen molar-refractivity contribution >= 4 is 5.91 Å². The lowest BCUT2D eigenvalue weighted by atomic mass is 10.2. The normalized spacial score (nSPS) is 18.3. The first-order valence-electron chi connectivity index (χ1n) is 8.29. The molecule has 1 fully saturated rings. The second kappa shape index (κ2) is 8.04. The van der Waals surface area contributed by atoms with Crippen molar-refractivity contribution in [3.8, 4) is 0 Å². The molecule has 1 atom stereocenters. The van der Waals surface area contributed by atoms with Crippen LogP contribution in [-0.4, -0.2) is 48.1 Å². The van der Waals surface area contributed by atoms with Crippen molar-refractivity contribution in [1.82, 2.24) is 15.2 Å². The molecule has 1 N–H and O–H groups in total. The molecule has 1 saturated heterocycles. The SMILES string of the molecule is Cc1ccc(C(=O)NCC2CN(Cc3ccccc3)CCO2)cn1. The van der Waals surface area contributed by atoms with Crippen molar-refractivity contribution in [2.75, 3.05) is 26.2 Å². The van der Waals surface area contributed by atoms with Crippen molar-refractivity contribution in [2.45, 2.75) is 19.6 Å². The summed E-state index contributed by atoms with van der Waals surface area (Å²) in [7, 11) is 0. The summed E-state index contributed by atoms with van der Waals surface area (Å²) in [5.41, 5.74) is 2.78. The molecule has 2 aromatic rings. The maximum absolute atomic E-state index is 12.2. The van der Waals surface area contributed by atoms with Gasteiger partial charge in [-0.1, -0.05) is 30.3 Å². The summed E-state index contributed by atoms with van der Waals surface area (Å²) < 4.78 is 5.78. The van der Waals surface area contributed by atoms with Gasteiger partial charge in [0, 0.05) is 38.1 Å². The minimum Gasteiger partial charge on any atom is -0.374 e. The molecule has 0 aliphatic carbocycles. The van der Waals surface area contributed by atoms with Gasteiger partial charge in [-0.3, -0.25) is 14.7 Å². The number of aromatic nitrogens is 1. The third-order valence-corrected chi connectivity index (χ3v) is 4.14. The molecule has 5 nitrogen and oxygen atoms in total. The maximum atomic E-state index is 12.2. The number of nitrogens with one attached hydrogen (secondary N) is 1. The zero-order valence-electron chi connectivity index (χ0n) is 13.9. The van der Waals surface area contributed by atoms with Crippen LogP contribution in [0.3, 0.4) is 0 Å². The Kier molecular flexibility index (Phi) is 5.56. The first-order valence-corrected chi connectivity index (χ1v) is 8.29. The van der Waals surface area contributed by atoms with E-state index in [0.29, 0.717) is 18.7 Å². The predicted molar refractivity (Wildman–Crippen MR) is 92.8 cm³/mol. The summed E-state index contributed by atoms with van der Waals surface area (Å²) in [4.78, 5) is 18.7. The molecule has 0 saturated carbocycles. The Morgan fingerprint density at radius 3 is 2.88 bits per heavy atom. The molecule has 24 heavy (non-hydrogen) atoms. The zero-order chi connectivity index (χ0) is 16.8. The van der Waals surface area contributed by atoms with E-state index in [-0.39, 0.29) is 12.0 Å². The number of pyridine rings is 1. The van der Waals surface area contributed by atoms with E-state index in [1.165, 1.54) is 5.56 Å². The second-order valence-electron chi connectivity index (χ2n) is 6.11. The van der Waals surface area contributed by atoms with Gasteiger partial charge in [0.25, 0.3) is 5.91 Å². The fraction of sp³-hybridized carbons (Fsp3) is 0.368. The largest absolute Gasteiger partial charge is 0.374 e. The van der Waals surface area contributed by atoms with Crippen molar-refractivity contribution in [1.29, 1.82) is 0 Å². The van der Waals surface area contributed by atoms with E-state index in [4.69, 9.17) is 4.74 Å². The van der Waals surface area contributed by atoms with Crippen LogP contribution in [0.2, 0.25) is 0 Å². The topological polar surface area (TPSA) is 54.5 Å². The molecule has 1 unspecified atom stereocenters. The molecule has 0 radical (unpaired) electrons. The smallest absolute Gasteiger partial charge is 0.252 e. The average Bonchev–Trinajstić information content (AvgIpc) is 2.61. The quantitative estimate of drug-likeness (QED) is 0.914. The van der Waals surface area contributed by atoms with Crippen molar-refractivity contribution in [3.63, 3.8) is 0 Å². The number of aryl methyl sites for hydroxylation is 1. The Morgan fingerprint density at radius 2 is 2.12 bits per heavy atom. The second-order valence-corrected chi connectivity index (χ2v) is 6.11. The van der Waals surface area contributed by atoms with Gasteiger partial charge in [0.2, 0.25) is 0 Å². The van der Waals surface area contributed by atoms with Crippen LogP contribution in [0.15, 0.2) is 48.7 Å². The lowest BCUT2D eigenvalue weighted by Crippen LogP contribution is -2.47. The Labute approximate surface area is 142 Å². The van der Waals surface area contributed by atoms with E-state index in [0.717, 1.165) is 25.3 Å². The maximum Gasteiger partial charge on any atom is 0.252 e. The number of morpholine rings is 1. The van der Waals surface area contributed by atoms with E-state index in [1.807, 2.05) is 19.1 Å². The van der Waals surface area contributed by atoms with E-state index in [9.17, 15) is 4.79 Å².